The number of likely N-dealkylation sites (N-methyl/N-ethyl adjacent to an activating group) is 1. The molecule has 0 fully saturated rings. The average Bonchev–Trinajstić information content (AvgIpc) is 2.77. The van der Waals surface area contributed by atoms with Gasteiger partial charge < -0.3 is 10.2 Å². The molecule has 1 aliphatic rings. The zero-order valence-corrected chi connectivity index (χ0v) is 12.4. The van der Waals surface area contributed by atoms with Crippen LogP contribution in [-0.2, 0) is 12.8 Å². The quantitative estimate of drug-likeness (QED) is 0.880. The van der Waals surface area contributed by atoms with Gasteiger partial charge in [-0.3, -0.25) is 0 Å². The molecule has 0 radical (unpaired) electrons. The first-order valence-corrected chi connectivity index (χ1v) is 7.85. The lowest BCUT2D eigenvalue weighted by Gasteiger charge is -2.13. The summed E-state index contributed by atoms with van der Waals surface area (Å²) in [6.45, 7) is 2.05. The summed E-state index contributed by atoms with van der Waals surface area (Å²) in [5.41, 5.74) is 1.51. The normalized spacial score (nSPS) is 14.9. The van der Waals surface area contributed by atoms with E-state index in [1.807, 2.05) is 11.3 Å². The van der Waals surface area contributed by atoms with Gasteiger partial charge in [0.2, 0.25) is 0 Å². The molecule has 0 aliphatic heterocycles. The maximum absolute atomic E-state index is 4.46. The van der Waals surface area contributed by atoms with Crippen molar-refractivity contribution in [3.8, 4) is 0 Å². The summed E-state index contributed by atoms with van der Waals surface area (Å²) in [6.07, 6.45) is 6.72. The number of nitrogens with zero attached hydrogens (tertiary/aromatic N) is 2. The van der Waals surface area contributed by atoms with Crippen molar-refractivity contribution >= 4 is 27.4 Å². The Hall–Kier alpha value is -1.20. The number of fused-ring (bicyclic) bond motifs is 3. The van der Waals surface area contributed by atoms with Crippen molar-refractivity contribution in [1.82, 2.24) is 9.97 Å². The number of nitrogens with one attached hydrogen (secondary N) is 2. The van der Waals surface area contributed by atoms with E-state index in [2.05, 4.69) is 29.4 Å². The van der Waals surface area contributed by atoms with E-state index in [-0.39, 0.29) is 0 Å². The highest BCUT2D eigenvalue weighted by molar-refractivity contribution is 7.19. The molecule has 1 aliphatic carbocycles. The van der Waals surface area contributed by atoms with E-state index in [0.717, 1.165) is 23.7 Å². The van der Waals surface area contributed by atoms with Gasteiger partial charge in [-0.1, -0.05) is 0 Å². The van der Waals surface area contributed by atoms with Gasteiger partial charge in [-0.2, -0.15) is 0 Å². The van der Waals surface area contributed by atoms with Crippen molar-refractivity contribution in [2.45, 2.75) is 25.7 Å². The number of aryl methyl sites for hydroxylation is 2. The minimum absolute atomic E-state index is 0.957. The highest BCUT2D eigenvalue weighted by Gasteiger charge is 2.19. The topological polar surface area (TPSA) is 42.2 Å². The smallest absolute Gasteiger partial charge is 0.138 e. The summed E-state index contributed by atoms with van der Waals surface area (Å²) in [4.78, 5) is 13.0. The molecule has 0 bridgehead atoms. The molecule has 102 valence electrons. The third kappa shape index (κ3) is 2.58. The van der Waals surface area contributed by atoms with Crippen LogP contribution in [0.3, 0.4) is 0 Å². The summed E-state index contributed by atoms with van der Waals surface area (Å²) in [5.74, 6) is 1.03. The second-order valence-corrected chi connectivity index (χ2v) is 6.58. The Morgan fingerprint density at radius 3 is 2.95 bits per heavy atom. The van der Waals surface area contributed by atoms with Crippen LogP contribution < -0.4 is 10.2 Å². The Kier molecular flexibility index (Phi) is 3.66. The van der Waals surface area contributed by atoms with Crippen LogP contribution in [0.2, 0.25) is 0 Å². The fourth-order valence-electron chi connectivity index (χ4n) is 2.66. The first kappa shape index (κ1) is 12.8. The van der Waals surface area contributed by atoms with Crippen LogP contribution in [-0.4, -0.2) is 37.2 Å². The van der Waals surface area contributed by atoms with Gasteiger partial charge >= 0.3 is 0 Å². The first-order chi connectivity index (χ1) is 9.25. The molecule has 0 atom stereocenters. The van der Waals surface area contributed by atoms with Gasteiger partial charge in [0.25, 0.3) is 0 Å². The molecule has 0 saturated carbocycles. The van der Waals surface area contributed by atoms with Gasteiger partial charge in [0.05, 0.1) is 32.6 Å². The van der Waals surface area contributed by atoms with Crippen LogP contribution in [0.1, 0.15) is 23.3 Å². The maximum Gasteiger partial charge on any atom is 0.138 e. The fourth-order valence-corrected chi connectivity index (χ4v) is 3.88. The molecule has 3 rings (SSSR count). The van der Waals surface area contributed by atoms with Gasteiger partial charge in [-0.05, 0) is 31.2 Å². The van der Waals surface area contributed by atoms with E-state index < -0.39 is 0 Å². The van der Waals surface area contributed by atoms with E-state index in [0.29, 0.717) is 0 Å². The number of thiophene rings is 1. The van der Waals surface area contributed by atoms with Gasteiger partial charge in [-0.25, -0.2) is 9.97 Å². The Bertz CT molecular complexity index is 576. The Morgan fingerprint density at radius 1 is 1.26 bits per heavy atom. The highest BCUT2D eigenvalue weighted by Crippen LogP contribution is 2.37. The Balaban J connectivity index is 1.93. The molecule has 0 aromatic carbocycles. The van der Waals surface area contributed by atoms with Gasteiger partial charge in [-0.15, -0.1) is 11.3 Å². The highest BCUT2D eigenvalue weighted by atomic mass is 32.1. The largest absolute Gasteiger partial charge is 0.364 e. The summed E-state index contributed by atoms with van der Waals surface area (Å²) >= 11 is 1.86. The third-order valence-corrected chi connectivity index (χ3v) is 4.87. The molecule has 19 heavy (non-hydrogen) atoms. The van der Waals surface area contributed by atoms with E-state index in [4.69, 9.17) is 0 Å². The lowest BCUT2D eigenvalue weighted by molar-refractivity contribution is -0.856. The van der Waals surface area contributed by atoms with Crippen LogP contribution in [0.5, 0.6) is 0 Å². The molecular formula is C14H21N4S+. The molecule has 2 aromatic heterocycles. The fraction of sp³-hybridized carbons (Fsp3) is 0.571. The minimum Gasteiger partial charge on any atom is -0.364 e. The summed E-state index contributed by atoms with van der Waals surface area (Å²) in [5, 5.41) is 4.78. The van der Waals surface area contributed by atoms with Crippen LogP contribution in [0.25, 0.3) is 10.2 Å². The SMILES string of the molecule is C[NH+](C)CCNc1ncnc2sc3c(c12)CCCC3. The number of rotatable bonds is 4. The van der Waals surface area contributed by atoms with Gasteiger partial charge in [0.1, 0.15) is 17.0 Å². The molecule has 2 heterocycles. The number of hydrogen-bond acceptors (Lipinski definition) is 4. The van der Waals surface area contributed by atoms with E-state index in [9.17, 15) is 0 Å². The Labute approximate surface area is 117 Å². The van der Waals surface area contributed by atoms with E-state index in [1.165, 1.54) is 46.4 Å². The van der Waals surface area contributed by atoms with Crippen LogP contribution in [0.15, 0.2) is 6.33 Å². The number of hydrogen-bond donors (Lipinski definition) is 2. The molecular weight excluding hydrogens is 256 g/mol. The molecule has 0 amide bonds. The molecule has 0 spiro atoms. The van der Waals surface area contributed by atoms with Crippen LogP contribution >= 0.6 is 11.3 Å². The second-order valence-electron chi connectivity index (χ2n) is 5.50. The van der Waals surface area contributed by atoms with Crippen molar-refractivity contribution in [2.75, 3.05) is 32.5 Å². The van der Waals surface area contributed by atoms with E-state index >= 15 is 0 Å². The molecule has 0 saturated heterocycles. The zero-order valence-electron chi connectivity index (χ0n) is 11.6. The third-order valence-electron chi connectivity index (χ3n) is 3.67. The minimum atomic E-state index is 0.957. The summed E-state index contributed by atoms with van der Waals surface area (Å²) < 4.78 is 0. The second kappa shape index (κ2) is 5.43. The number of quaternary nitrogens is 1. The predicted octanol–water partition coefficient (Wildman–Crippen LogP) is 1.13. The van der Waals surface area contributed by atoms with Gasteiger partial charge in [0.15, 0.2) is 0 Å². The molecule has 5 heteroatoms. The molecule has 0 unspecified atom stereocenters. The lowest BCUT2D eigenvalue weighted by Crippen LogP contribution is -3.06. The lowest BCUT2D eigenvalue weighted by atomic mass is 9.97. The standard InChI is InChI=1S/C14H20N4S/c1-18(2)8-7-15-13-12-10-5-3-4-6-11(10)19-14(12)17-9-16-13/h9H,3-8H2,1-2H3,(H,15,16,17)/p+1. The molecule has 2 N–H and O–H groups in total. The molecule has 4 nitrogen and oxygen atoms in total. The summed E-state index contributed by atoms with van der Waals surface area (Å²) in [6, 6.07) is 0. The zero-order chi connectivity index (χ0) is 13.2. The van der Waals surface area contributed by atoms with Crippen molar-refractivity contribution in [1.29, 1.82) is 0 Å². The predicted molar refractivity (Wildman–Crippen MR) is 80.2 cm³/mol. The van der Waals surface area contributed by atoms with Crippen molar-refractivity contribution in [3.63, 3.8) is 0 Å². The van der Waals surface area contributed by atoms with Crippen molar-refractivity contribution in [3.05, 3.63) is 16.8 Å². The monoisotopic (exact) mass is 277 g/mol. The number of anilines is 1. The van der Waals surface area contributed by atoms with Crippen LogP contribution in [0.4, 0.5) is 5.82 Å². The summed E-state index contributed by atoms with van der Waals surface area (Å²) in [7, 11) is 4.34. The maximum atomic E-state index is 4.46. The Morgan fingerprint density at radius 2 is 2.11 bits per heavy atom. The van der Waals surface area contributed by atoms with Gasteiger partial charge in [0, 0.05) is 4.88 Å². The van der Waals surface area contributed by atoms with Crippen molar-refractivity contribution < 1.29 is 4.90 Å². The molecule has 2 aromatic rings. The van der Waals surface area contributed by atoms with Crippen LogP contribution in [0, 0.1) is 0 Å². The first-order valence-electron chi connectivity index (χ1n) is 7.04. The van der Waals surface area contributed by atoms with E-state index in [1.54, 1.807) is 6.33 Å². The van der Waals surface area contributed by atoms with Crippen molar-refractivity contribution in [2.24, 2.45) is 0 Å². The number of aromatic nitrogens is 2. The average molecular weight is 277 g/mol.